The van der Waals surface area contributed by atoms with Gasteiger partial charge in [0.2, 0.25) is 0 Å². The predicted molar refractivity (Wildman–Crippen MR) is 59.4 cm³/mol. The summed E-state index contributed by atoms with van der Waals surface area (Å²) in [6.07, 6.45) is 0. The first-order valence-corrected chi connectivity index (χ1v) is 5.25. The molecule has 76 valence electrons. The zero-order valence-electron chi connectivity index (χ0n) is 8.96. The van der Waals surface area contributed by atoms with E-state index in [4.69, 9.17) is 0 Å². The molecule has 1 fully saturated rings. The lowest BCUT2D eigenvalue weighted by atomic mass is 10.00. The normalized spacial score (nSPS) is 23.7. The molecule has 0 saturated carbocycles. The van der Waals surface area contributed by atoms with Crippen molar-refractivity contribution < 1.29 is 0 Å². The van der Waals surface area contributed by atoms with Gasteiger partial charge in [-0.2, -0.15) is 0 Å². The van der Waals surface area contributed by atoms with E-state index in [1.54, 1.807) is 0 Å². The minimum atomic E-state index is 0.509. The number of hydrogen-bond acceptors (Lipinski definition) is 2. The van der Waals surface area contributed by atoms with Gasteiger partial charge in [0.25, 0.3) is 0 Å². The number of likely N-dealkylation sites (N-methyl/N-ethyl adjacent to an activating group) is 1. The monoisotopic (exact) mass is 190 g/mol. The van der Waals surface area contributed by atoms with Crippen LogP contribution in [0.5, 0.6) is 0 Å². The summed E-state index contributed by atoms with van der Waals surface area (Å²) in [6, 6.07) is 9.15. The standard InChI is InChI=1S/C12H18N2/c1-10-5-3-4-6-11(10)12-9-14(2)8-7-13-12/h3-6,12-13H,7-9H2,1-2H3/t12-/m0/s1. The summed E-state index contributed by atoms with van der Waals surface area (Å²) in [5, 5.41) is 3.56. The lowest BCUT2D eigenvalue weighted by Gasteiger charge is -2.31. The van der Waals surface area contributed by atoms with Gasteiger partial charge >= 0.3 is 0 Å². The van der Waals surface area contributed by atoms with Gasteiger partial charge in [-0.15, -0.1) is 0 Å². The molecule has 14 heavy (non-hydrogen) atoms. The zero-order chi connectivity index (χ0) is 9.97. The van der Waals surface area contributed by atoms with E-state index in [0.29, 0.717) is 6.04 Å². The molecule has 0 aromatic heterocycles. The van der Waals surface area contributed by atoms with Crippen molar-refractivity contribution >= 4 is 0 Å². The van der Waals surface area contributed by atoms with E-state index in [1.807, 2.05) is 0 Å². The Morgan fingerprint density at radius 3 is 2.86 bits per heavy atom. The molecule has 2 heteroatoms. The summed E-state index contributed by atoms with van der Waals surface area (Å²) >= 11 is 0. The summed E-state index contributed by atoms with van der Waals surface area (Å²) in [5.74, 6) is 0. The Labute approximate surface area is 85.9 Å². The number of piperazine rings is 1. The van der Waals surface area contributed by atoms with Crippen LogP contribution < -0.4 is 5.32 Å². The average molecular weight is 190 g/mol. The second kappa shape index (κ2) is 4.11. The van der Waals surface area contributed by atoms with E-state index in [9.17, 15) is 0 Å². The average Bonchev–Trinajstić information content (AvgIpc) is 2.18. The van der Waals surface area contributed by atoms with Gasteiger partial charge < -0.3 is 10.2 Å². The molecular weight excluding hydrogens is 172 g/mol. The van der Waals surface area contributed by atoms with E-state index in [0.717, 1.165) is 19.6 Å². The van der Waals surface area contributed by atoms with Gasteiger partial charge in [0, 0.05) is 25.7 Å². The zero-order valence-corrected chi connectivity index (χ0v) is 8.96. The van der Waals surface area contributed by atoms with Crippen molar-refractivity contribution in [2.75, 3.05) is 26.7 Å². The van der Waals surface area contributed by atoms with Crippen LogP contribution in [0.1, 0.15) is 17.2 Å². The smallest absolute Gasteiger partial charge is 0.0452 e. The van der Waals surface area contributed by atoms with Crippen LogP contribution in [0.25, 0.3) is 0 Å². The van der Waals surface area contributed by atoms with Gasteiger partial charge in [-0.25, -0.2) is 0 Å². The Hall–Kier alpha value is -0.860. The quantitative estimate of drug-likeness (QED) is 0.723. The molecule has 0 amide bonds. The molecule has 1 N–H and O–H groups in total. The molecular formula is C12H18N2. The molecule has 0 unspecified atom stereocenters. The molecule has 1 saturated heterocycles. The fourth-order valence-electron chi connectivity index (χ4n) is 2.08. The van der Waals surface area contributed by atoms with Crippen molar-refractivity contribution in [1.82, 2.24) is 10.2 Å². The highest BCUT2D eigenvalue weighted by atomic mass is 15.2. The van der Waals surface area contributed by atoms with Crippen LogP contribution >= 0.6 is 0 Å². The number of nitrogens with zero attached hydrogens (tertiary/aromatic N) is 1. The number of hydrogen-bond donors (Lipinski definition) is 1. The van der Waals surface area contributed by atoms with E-state index in [1.165, 1.54) is 11.1 Å². The Kier molecular flexibility index (Phi) is 2.85. The van der Waals surface area contributed by atoms with Crippen molar-refractivity contribution in [2.24, 2.45) is 0 Å². The van der Waals surface area contributed by atoms with Crippen molar-refractivity contribution in [3.05, 3.63) is 35.4 Å². The summed E-state index contributed by atoms with van der Waals surface area (Å²) in [4.78, 5) is 2.38. The third kappa shape index (κ3) is 1.97. The lowest BCUT2D eigenvalue weighted by Crippen LogP contribution is -2.43. The van der Waals surface area contributed by atoms with E-state index >= 15 is 0 Å². The molecule has 2 rings (SSSR count). The minimum absolute atomic E-state index is 0.509. The number of aryl methyl sites for hydroxylation is 1. The third-order valence-corrected chi connectivity index (χ3v) is 2.94. The van der Waals surface area contributed by atoms with Crippen LogP contribution in [0.3, 0.4) is 0 Å². The van der Waals surface area contributed by atoms with Crippen LogP contribution in [0.15, 0.2) is 24.3 Å². The Balaban J connectivity index is 2.18. The van der Waals surface area contributed by atoms with Crippen LogP contribution in [0, 0.1) is 6.92 Å². The Morgan fingerprint density at radius 1 is 1.36 bits per heavy atom. The van der Waals surface area contributed by atoms with Crippen LogP contribution in [-0.2, 0) is 0 Å². The summed E-state index contributed by atoms with van der Waals surface area (Å²) < 4.78 is 0. The second-order valence-electron chi connectivity index (χ2n) is 4.13. The van der Waals surface area contributed by atoms with Crippen molar-refractivity contribution in [3.8, 4) is 0 Å². The van der Waals surface area contributed by atoms with E-state index < -0.39 is 0 Å². The molecule has 1 atom stereocenters. The maximum atomic E-state index is 3.56. The second-order valence-corrected chi connectivity index (χ2v) is 4.13. The lowest BCUT2D eigenvalue weighted by molar-refractivity contribution is 0.240. The fraction of sp³-hybridized carbons (Fsp3) is 0.500. The Bertz CT molecular complexity index is 309. The van der Waals surface area contributed by atoms with Crippen molar-refractivity contribution in [3.63, 3.8) is 0 Å². The molecule has 1 aliphatic rings. The third-order valence-electron chi connectivity index (χ3n) is 2.94. The summed E-state index contributed by atoms with van der Waals surface area (Å²) in [7, 11) is 2.19. The molecule has 1 heterocycles. The first-order chi connectivity index (χ1) is 6.77. The van der Waals surface area contributed by atoms with Gasteiger partial charge in [-0.1, -0.05) is 24.3 Å². The first-order valence-electron chi connectivity index (χ1n) is 5.25. The fourth-order valence-corrected chi connectivity index (χ4v) is 2.08. The highest BCUT2D eigenvalue weighted by Crippen LogP contribution is 2.19. The molecule has 0 aliphatic carbocycles. The SMILES string of the molecule is Cc1ccccc1[C@@H]1CN(C)CCN1. The minimum Gasteiger partial charge on any atom is -0.308 e. The number of nitrogens with one attached hydrogen (secondary N) is 1. The van der Waals surface area contributed by atoms with Crippen LogP contribution in [0.4, 0.5) is 0 Å². The maximum absolute atomic E-state index is 3.56. The molecule has 1 aliphatic heterocycles. The van der Waals surface area contributed by atoms with Crippen LogP contribution in [0.2, 0.25) is 0 Å². The highest BCUT2D eigenvalue weighted by Gasteiger charge is 2.18. The first kappa shape index (κ1) is 9.69. The van der Waals surface area contributed by atoms with Gasteiger partial charge in [-0.3, -0.25) is 0 Å². The number of rotatable bonds is 1. The number of benzene rings is 1. The molecule has 1 aromatic carbocycles. The van der Waals surface area contributed by atoms with Gasteiger partial charge in [0.05, 0.1) is 0 Å². The van der Waals surface area contributed by atoms with Gasteiger partial charge in [0.15, 0.2) is 0 Å². The molecule has 0 radical (unpaired) electrons. The highest BCUT2D eigenvalue weighted by molar-refractivity contribution is 5.29. The molecule has 0 spiro atoms. The van der Waals surface area contributed by atoms with Crippen molar-refractivity contribution in [1.29, 1.82) is 0 Å². The van der Waals surface area contributed by atoms with Gasteiger partial charge in [-0.05, 0) is 25.1 Å². The molecule has 0 bridgehead atoms. The van der Waals surface area contributed by atoms with E-state index in [2.05, 4.69) is 48.5 Å². The van der Waals surface area contributed by atoms with E-state index in [-0.39, 0.29) is 0 Å². The molecule has 2 nitrogen and oxygen atoms in total. The topological polar surface area (TPSA) is 15.3 Å². The summed E-state index contributed by atoms with van der Waals surface area (Å²) in [5.41, 5.74) is 2.83. The summed E-state index contributed by atoms with van der Waals surface area (Å²) in [6.45, 7) is 5.55. The Morgan fingerprint density at radius 2 is 2.14 bits per heavy atom. The van der Waals surface area contributed by atoms with Crippen LogP contribution in [-0.4, -0.2) is 31.6 Å². The molecule has 1 aromatic rings. The van der Waals surface area contributed by atoms with Crippen molar-refractivity contribution in [2.45, 2.75) is 13.0 Å². The predicted octanol–water partition coefficient (Wildman–Crippen LogP) is 1.57. The largest absolute Gasteiger partial charge is 0.308 e. The maximum Gasteiger partial charge on any atom is 0.0452 e. The van der Waals surface area contributed by atoms with Gasteiger partial charge in [0.1, 0.15) is 0 Å².